The van der Waals surface area contributed by atoms with E-state index in [1.54, 1.807) is 0 Å². The van der Waals surface area contributed by atoms with Gasteiger partial charge in [0.15, 0.2) is 11.5 Å². The summed E-state index contributed by atoms with van der Waals surface area (Å²) in [7, 11) is 2.71. The lowest BCUT2D eigenvalue weighted by atomic mass is 10.1. The zero-order valence-corrected chi connectivity index (χ0v) is 13.2. The number of ether oxygens (including phenoxy) is 2. The second kappa shape index (κ2) is 6.86. The molecule has 0 radical (unpaired) electrons. The molecule has 0 atom stereocenters. The van der Waals surface area contributed by atoms with E-state index >= 15 is 0 Å². The van der Waals surface area contributed by atoms with Crippen molar-refractivity contribution in [1.82, 2.24) is 10.2 Å². The third-order valence-electron chi connectivity index (χ3n) is 3.31. The Morgan fingerprint density at radius 3 is 2.29 bits per heavy atom. The monoisotopic (exact) mass is 332 g/mol. The Hall–Kier alpha value is -3.29. The molecule has 0 aromatic heterocycles. The highest BCUT2D eigenvalue weighted by Gasteiger charge is 2.35. The summed E-state index contributed by atoms with van der Waals surface area (Å²) < 4.78 is 10.1. The normalized spacial score (nSPS) is 16.2. The number of rotatable bonds is 5. The highest BCUT2D eigenvalue weighted by molar-refractivity contribution is 6.31. The molecule has 0 saturated carbocycles. The second-order valence-electron chi connectivity index (χ2n) is 4.80. The molecule has 2 N–H and O–H groups in total. The average Bonchev–Trinajstić information content (AvgIpc) is 2.56. The van der Waals surface area contributed by atoms with Gasteiger partial charge in [0.05, 0.1) is 14.2 Å². The Kier molecular flexibility index (Phi) is 4.88. The zero-order valence-electron chi connectivity index (χ0n) is 13.2. The van der Waals surface area contributed by atoms with Crippen LogP contribution in [0.25, 0.3) is 6.08 Å². The van der Waals surface area contributed by atoms with Crippen LogP contribution in [-0.2, 0) is 9.59 Å². The maximum atomic E-state index is 12.3. The number of urea groups is 1. The third-order valence-corrected chi connectivity index (χ3v) is 3.31. The van der Waals surface area contributed by atoms with Crippen LogP contribution in [0.4, 0.5) is 4.79 Å². The van der Waals surface area contributed by atoms with Gasteiger partial charge in [0, 0.05) is 6.54 Å². The van der Waals surface area contributed by atoms with Gasteiger partial charge in [-0.3, -0.25) is 19.8 Å². The van der Waals surface area contributed by atoms with Crippen molar-refractivity contribution >= 4 is 23.9 Å². The maximum absolute atomic E-state index is 12.3. The lowest BCUT2D eigenvalue weighted by Gasteiger charge is -2.25. The summed E-state index contributed by atoms with van der Waals surface area (Å²) in [6, 6.07) is 2.06. The van der Waals surface area contributed by atoms with Crippen LogP contribution in [0.5, 0.6) is 17.2 Å². The largest absolute Gasteiger partial charge is 0.502 e. The van der Waals surface area contributed by atoms with Crippen LogP contribution in [0.3, 0.4) is 0 Å². The molecule has 1 heterocycles. The van der Waals surface area contributed by atoms with Gasteiger partial charge in [0.2, 0.25) is 5.75 Å². The minimum Gasteiger partial charge on any atom is -0.502 e. The first-order valence-corrected chi connectivity index (χ1v) is 6.87. The molecule has 1 fully saturated rings. The predicted octanol–water partition coefficient (Wildman–Crippen LogP) is 1.06. The summed E-state index contributed by atoms with van der Waals surface area (Å²) in [5, 5.41) is 12.0. The van der Waals surface area contributed by atoms with Crippen molar-refractivity contribution in [3.8, 4) is 17.2 Å². The van der Waals surface area contributed by atoms with Crippen molar-refractivity contribution in [1.29, 1.82) is 0 Å². The average molecular weight is 332 g/mol. The van der Waals surface area contributed by atoms with Crippen LogP contribution in [0.2, 0.25) is 0 Å². The minimum absolute atomic E-state index is 0.0303. The molecule has 0 unspecified atom stereocenters. The number of carbonyl (C=O) groups is 3. The van der Waals surface area contributed by atoms with Crippen LogP contribution in [0.1, 0.15) is 5.56 Å². The number of nitrogens with one attached hydrogen (secondary N) is 1. The number of phenolic OH excluding ortho intramolecular Hbond substituents is 1. The molecule has 4 amide bonds. The summed E-state index contributed by atoms with van der Waals surface area (Å²) in [5.74, 6) is -1.52. The standard InChI is InChI=1S/C16H16N2O6/c1-4-5-18-15(21)10(14(20)17-16(18)22)6-9-7-11(23-2)13(19)12(8-9)24-3/h4,6-8,19H,1,5H2,2-3H3,(H,17,20,22). The number of aromatic hydroxyl groups is 1. The molecule has 8 nitrogen and oxygen atoms in total. The number of nitrogens with zero attached hydrogens (tertiary/aromatic N) is 1. The lowest BCUT2D eigenvalue weighted by molar-refractivity contribution is -0.129. The Morgan fingerprint density at radius 2 is 1.79 bits per heavy atom. The van der Waals surface area contributed by atoms with Gasteiger partial charge in [-0.05, 0) is 23.8 Å². The van der Waals surface area contributed by atoms with Crippen molar-refractivity contribution in [2.45, 2.75) is 0 Å². The lowest BCUT2D eigenvalue weighted by Crippen LogP contribution is -2.54. The van der Waals surface area contributed by atoms with Gasteiger partial charge in [0.25, 0.3) is 11.8 Å². The number of carbonyl (C=O) groups excluding carboxylic acids is 3. The van der Waals surface area contributed by atoms with Gasteiger partial charge in [-0.1, -0.05) is 6.08 Å². The minimum atomic E-state index is -0.809. The summed E-state index contributed by atoms with van der Waals surface area (Å²) in [4.78, 5) is 36.8. The molecule has 1 aliphatic rings. The van der Waals surface area contributed by atoms with E-state index in [4.69, 9.17) is 9.47 Å². The van der Waals surface area contributed by atoms with Crippen LogP contribution in [0, 0.1) is 0 Å². The first-order chi connectivity index (χ1) is 11.4. The molecule has 1 aliphatic heterocycles. The molecule has 1 aromatic carbocycles. The van der Waals surface area contributed by atoms with Crippen LogP contribution < -0.4 is 14.8 Å². The van der Waals surface area contributed by atoms with E-state index in [-0.39, 0.29) is 29.4 Å². The topological polar surface area (TPSA) is 105 Å². The number of barbiturate groups is 1. The van der Waals surface area contributed by atoms with E-state index in [1.165, 1.54) is 38.5 Å². The summed E-state index contributed by atoms with van der Waals surface area (Å²) in [6.07, 6.45) is 2.65. The number of hydrogen-bond donors (Lipinski definition) is 2. The van der Waals surface area contributed by atoms with E-state index in [9.17, 15) is 19.5 Å². The molecule has 126 valence electrons. The third kappa shape index (κ3) is 3.07. The number of imide groups is 2. The molecule has 0 aliphatic carbocycles. The first-order valence-electron chi connectivity index (χ1n) is 6.87. The fourth-order valence-electron chi connectivity index (χ4n) is 2.15. The molecule has 0 bridgehead atoms. The van der Waals surface area contributed by atoms with Gasteiger partial charge in [-0.2, -0.15) is 0 Å². The van der Waals surface area contributed by atoms with E-state index in [1.807, 2.05) is 0 Å². The fraction of sp³-hybridized carbons (Fsp3) is 0.188. The highest BCUT2D eigenvalue weighted by Crippen LogP contribution is 2.37. The van der Waals surface area contributed by atoms with Gasteiger partial charge >= 0.3 is 6.03 Å². The summed E-state index contributed by atoms with van der Waals surface area (Å²) >= 11 is 0. The molecule has 24 heavy (non-hydrogen) atoms. The summed E-state index contributed by atoms with van der Waals surface area (Å²) in [5.41, 5.74) is 0.152. The molecule has 2 rings (SSSR count). The van der Waals surface area contributed by atoms with Gasteiger partial charge < -0.3 is 14.6 Å². The smallest absolute Gasteiger partial charge is 0.331 e. The Labute approximate surface area is 138 Å². The van der Waals surface area contributed by atoms with E-state index in [2.05, 4.69) is 11.9 Å². The van der Waals surface area contributed by atoms with Crippen molar-refractivity contribution in [2.75, 3.05) is 20.8 Å². The van der Waals surface area contributed by atoms with Crippen LogP contribution >= 0.6 is 0 Å². The Bertz CT molecular complexity index is 728. The zero-order chi connectivity index (χ0) is 17.9. The number of hydrogen-bond acceptors (Lipinski definition) is 6. The van der Waals surface area contributed by atoms with Crippen molar-refractivity contribution in [3.05, 3.63) is 35.9 Å². The predicted molar refractivity (Wildman–Crippen MR) is 84.6 cm³/mol. The Morgan fingerprint density at radius 1 is 1.21 bits per heavy atom. The number of phenols is 1. The number of amides is 4. The molecule has 1 aromatic rings. The van der Waals surface area contributed by atoms with Gasteiger partial charge in [-0.25, -0.2) is 4.79 Å². The maximum Gasteiger partial charge on any atom is 0.331 e. The molecular weight excluding hydrogens is 316 g/mol. The highest BCUT2D eigenvalue weighted by atomic mass is 16.5. The van der Waals surface area contributed by atoms with Crippen molar-refractivity contribution in [3.63, 3.8) is 0 Å². The SMILES string of the molecule is C=CCN1C(=O)NC(=O)C(=Cc2cc(OC)c(O)c(OC)c2)C1=O. The number of methoxy groups -OCH3 is 2. The van der Waals surface area contributed by atoms with E-state index in [0.29, 0.717) is 5.56 Å². The van der Waals surface area contributed by atoms with E-state index < -0.39 is 17.8 Å². The fourth-order valence-corrected chi connectivity index (χ4v) is 2.15. The van der Waals surface area contributed by atoms with Gasteiger partial charge in [0.1, 0.15) is 5.57 Å². The second-order valence-corrected chi connectivity index (χ2v) is 4.80. The Balaban J connectivity index is 2.49. The van der Waals surface area contributed by atoms with Crippen molar-refractivity contribution < 1.29 is 29.0 Å². The molecule has 1 saturated heterocycles. The molecule has 0 spiro atoms. The van der Waals surface area contributed by atoms with E-state index in [0.717, 1.165) is 4.90 Å². The first kappa shape index (κ1) is 17.1. The van der Waals surface area contributed by atoms with Gasteiger partial charge in [-0.15, -0.1) is 6.58 Å². The molecule has 8 heteroatoms. The number of benzene rings is 1. The van der Waals surface area contributed by atoms with Crippen LogP contribution in [0.15, 0.2) is 30.4 Å². The summed E-state index contributed by atoms with van der Waals surface area (Å²) in [6.45, 7) is 3.44. The van der Waals surface area contributed by atoms with Crippen molar-refractivity contribution in [2.24, 2.45) is 0 Å². The molecular formula is C16H16N2O6. The van der Waals surface area contributed by atoms with Crippen LogP contribution in [-0.4, -0.2) is 48.6 Å². The quantitative estimate of drug-likeness (QED) is 0.474.